The number of hydrogen-bond donors (Lipinski definition) is 1. The lowest BCUT2D eigenvalue weighted by molar-refractivity contribution is -0.125. The van der Waals surface area contributed by atoms with E-state index in [9.17, 15) is 14.0 Å². The van der Waals surface area contributed by atoms with Gasteiger partial charge in [0.25, 0.3) is 0 Å². The Bertz CT molecular complexity index is 1100. The average Bonchev–Trinajstić information content (AvgIpc) is 2.84. The van der Waals surface area contributed by atoms with Crippen LogP contribution in [0.15, 0.2) is 72.9 Å². The number of hydrogen-bond acceptors (Lipinski definition) is 5. The number of halogens is 1. The summed E-state index contributed by atoms with van der Waals surface area (Å²) in [7, 11) is 0. The maximum atomic E-state index is 13.0. The predicted molar refractivity (Wildman–Crippen MR) is 121 cm³/mol. The topological polar surface area (TPSA) is 95.3 Å². The van der Waals surface area contributed by atoms with Gasteiger partial charge in [0.15, 0.2) is 0 Å². The monoisotopic (exact) mass is 446 g/mol. The fourth-order valence-electron chi connectivity index (χ4n) is 3.01. The molecule has 1 aromatic heterocycles. The van der Waals surface area contributed by atoms with Crippen molar-refractivity contribution >= 4 is 17.5 Å². The van der Waals surface area contributed by atoms with Gasteiger partial charge in [-0.3, -0.25) is 9.59 Å². The minimum absolute atomic E-state index is 0.0356. The molecular formula is C25H23FN4O3. The van der Waals surface area contributed by atoms with E-state index in [4.69, 9.17) is 10.00 Å². The molecule has 7 nitrogen and oxygen atoms in total. The summed E-state index contributed by atoms with van der Waals surface area (Å²) in [6.07, 6.45) is 1.85. The zero-order valence-corrected chi connectivity index (χ0v) is 17.9. The molecule has 1 heterocycles. The second-order valence-corrected chi connectivity index (χ2v) is 7.13. The summed E-state index contributed by atoms with van der Waals surface area (Å²) in [4.78, 5) is 30.6. The van der Waals surface area contributed by atoms with Crippen molar-refractivity contribution in [2.75, 3.05) is 11.4 Å². The number of anilines is 1. The number of amides is 2. The smallest absolute Gasteiger partial charge is 0.227 e. The summed E-state index contributed by atoms with van der Waals surface area (Å²) >= 11 is 0. The Balaban J connectivity index is 1.46. The number of aromatic nitrogens is 1. The van der Waals surface area contributed by atoms with Gasteiger partial charge >= 0.3 is 0 Å². The lowest BCUT2D eigenvalue weighted by Gasteiger charge is -2.21. The van der Waals surface area contributed by atoms with Crippen molar-refractivity contribution in [3.63, 3.8) is 0 Å². The maximum absolute atomic E-state index is 13.0. The molecule has 0 aliphatic carbocycles. The summed E-state index contributed by atoms with van der Waals surface area (Å²) in [5.41, 5.74) is 1.47. The standard InChI is InChI=1S/C25H23FN4O3/c26-20-8-10-22(11-9-20)33-24-13-7-19(18-29-24)17-28-23(31)12-14-25(32)30(16-4-15-27)21-5-2-1-3-6-21/h1-3,5-11,13,18H,4,12,14,16-17H2,(H,28,31). The van der Waals surface area contributed by atoms with E-state index in [1.807, 2.05) is 24.3 Å². The number of nitriles is 1. The van der Waals surface area contributed by atoms with Crippen molar-refractivity contribution in [3.05, 3.63) is 84.3 Å². The van der Waals surface area contributed by atoms with Crippen molar-refractivity contribution < 1.29 is 18.7 Å². The van der Waals surface area contributed by atoms with Gasteiger partial charge < -0.3 is 15.0 Å². The van der Waals surface area contributed by atoms with E-state index < -0.39 is 0 Å². The van der Waals surface area contributed by atoms with Gasteiger partial charge in [-0.2, -0.15) is 5.26 Å². The molecular weight excluding hydrogens is 423 g/mol. The van der Waals surface area contributed by atoms with Gasteiger partial charge in [0.05, 0.1) is 12.5 Å². The Labute approximate surface area is 191 Å². The van der Waals surface area contributed by atoms with E-state index in [2.05, 4.69) is 10.3 Å². The number of carbonyl (C=O) groups is 2. The molecule has 0 aliphatic rings. The number of pyridine rings is 1. The highest BCUT2D eigenvalue weighted by Gasteiger charge is 2.16. The molecule has 0 radical (unpaired) electrons. The Morgan fingerprint density at radius 1 is 1.03 bits per heavy atom. The van der Waals surface area contributed by atoms with Crippen LogP contribution in [-0.2, 0) is 16.1 Å². The van der Waals surface area contributed by atoms with Crippen LogP contribution in [0.3, 0.4) is 0 Å². The van der Waals surface area contributed by atoms with Crippen LogP contribution in [0.25, 0.3) is 0 Å². The molecule has 1 N–H and O–H groups in total. The van der Waals surface area contributed by atoms with E-state index >= 15 is 0 Å². The minimum Gasteiger partial charge on any atom is -0.439 e. The first-order chi connectivity index (χ1) is 16.0. The van der Waals surface area contributed by atoms with Crippen LogP contribution in [0.2, 0.25) is 0 Å². The zero-order valence-electron chi connectivity index (χ0n) is 17.9. The summed E-state index contributed by atoms with van der Waals surface area (Å²) in [5.74, 6) is -0.00789. The van der Waals surface area contributed by atoms with Crippen LogP contribution < -0.4 is 15.0 Å². The molecule has 0 saturated carbocycles. The quantitative estimate of drug-likeness (QED) is 0.499. The lowest BCUT2D eigenvalue weighted by atomic mass is 10.2. The first-order valence-electron chi connectivity index (χ1n) is 10.4. The number of ether oxygens (including phenoxy) is 1. The minimum atomic E-state index is -0.349. The third kappa shape index (κ3) is 7.43. The van der Waals surface area contributed by atoms with Crippen LogP contribution in [0.1, 0.15) is 24.8 Å². The van der Waals surface area contributed by atoms with Gasteiger partial charge in [-0.15, -0.1) is 0 Å². The average molecular weight is 446 g/mol. The Kier molecular flexibility index (Phi) is 8.48. The molecule has 3 aromatic rings. The van der Waals surface area contributed by atoms with Crippen molar-refractivity contribution in [2.24, 2.45) is 0 Å². The molecule has 2 aromatic carbocycles. The number of rotatable bonds is 10. The summed E-state index contributed by atoms with van der Waals surface area (Å²) < 4.78 is 18.5. The van der Waals surface area contributed by atoms with E-state index in [0.717, 1.165) is 5.56 Å². The molecule has 0 aliphatic heterocycles. The molecule has 3 rings (SSSR count). The molecule has 0 fully saturated rings. The van der Waals surface area contributed by atoms with Crippen molar-refractivity contribution in [3.8, 4) is 17.7 Å². The van der Waals surface area contributed by atoms with E-state index in [1.54, 1.807) is 30.5 Å². The predicted octanol–water partition coefficient (Wildman–Crippen LogP) is 4.36. The summed E-state index contributed by atoms with van der Waals surface area (Å²) in [6, 6.07) is 20.1. The second kappa shape index (κ2) is 12.0. The number of carbonyl (C=O) groups excluding carboxylic acids is 2. The van der Waals surface area contributed by atoms with Gasteiger partial charge in [-0.25, -0.2) is 9.37 Å². The van der Waals surface area contributed by atoms with Gasteiger partial charge in [-0.05, 0) is 42.0 Å². The number of nitrogens with one attached hydrogen (secondary N) is 1. The van der Waals surface area contributed by atoms with Gasteiger partial charge in [-0.1, -0.05) is 24.3 Å². The summed E-state index contributed by atoms with van der Waals surface area (Å²) in [6.45, 7) is 0.534. The molecule has 0 saturated heterocycles. The van der Waals surface area contributed by atoms with Gasteiger partial charge in [0, 0.05) is 43.9 Å². The highest BCUT2D eigenvalue weighted by Crippen LogP contribution is 2.19. The first kappa shape index (κ1) is 23.4. The van der Waals surface area contributed by atoms with Crippen molar-refractivity contribution in [1.29, 1.82) is 5.26 Å². The largest absolute Gasteiger partial charge is 0.439 e. The van der Waals surface area contributed by atoms with E-state index in [0.29, 0.717) is 17.3 Å². The molecule has 8 heteroatoms. The molecule has 0 unspecified atom stereocenters. The fraction of sp³-hybridized carbons (Fsp3) is 0.200. The number of para-hydroxylation sites is 1. The first-order valence-corrected chi connectivity index (χ1v) is 10.4. The third-order valence-corrected chi connectivity index (χ3v) is 4.71. The number of benzene rings is 2. The van der Waals surface area contributed by atoms with Crippen LogP contribution >= 0.6 is 0 Å². The normalized spacial score (nSPS) is 10.2. The molecule has 2 amide bonds. The lowest BCUT2D eigenvalue weighted by Crippen LogP contribution is -2.33. The molecule has 0 spiro atoms. The second-order valence-electron chi connectivity index (χ2n) is 7.13. The highest BCUT2D eigenvalue weighted by atomic mass is 19.1. The van der Waals surface area contributed by atoms with E-state index in [1.165, 1.54) is 29.2 Å². The Morgan fingerprint density at radius 2 is 1.79 bits per heavy atom. The summed E-state index contributed by atoms with van der Waals surface area (Å²) in [5, 5.41) is 11.6. The van der Waals surface area contributed by atoms with Gasteiger partial charge in [0.1, 0.15) is 11.6 Å². The van der Waals surface area contributed by atoms with E-state index in [-0.39, 0.29) is 50.0 Å². The van der Waals surface area contributed by atoms with Crippen LogP contribution in [-0.4, -0.2) is 23.3 Å². The zero-order chi connectivity index (χ0) is 23.5. The molecule has 33 heavy (non-hydrogen) atoms. The third-order valence-electron chi connectivity index (χ3n) is 4.71. The highest BCUT2D eigenvalue weighted by molar-refractivity contribution is 5.95. The molecule has 0 atom stereocenters. The molecule has 168 valence electrons. The molecule has 0 bridgehead atoms. The maximum Gasteiger partial charge on any atom is 0.227 e. The van der Waals surface area contributed by atoms with Gasteiger partial charge in [0.2, 0.25) is 17.7 Å². The fourth-order valence-corrected chi connectivity index (χ4v) is 3.01. The van der Waals surface area contributed by atoms with Crippen LogP contribution in [0.5, 0.6) is 11.6 Å². The van der Waals surface area contributed by atoms with Crippen LogP contribution in [0, 0.1) is 17.1 Å². The van der Waals surface area contributed by atoms with Crippen molar-refractivity contribution in [1.82, 2.24) is 10.3 Å². The number of nitrogens with zero attached hydrogens (tertiary/aromatic N) is 3. The Morgan fingerprint density at radius 3 is 2.45 bits per heavy atom. The SMILES string of the molecule is N#CCCN(C(=O)CCC(=O)NCc1ccc(Oc2ccc(F)cc2)nc1)c1ccccc1. The Hall–Kier alpha value is -4.25. The van der Waals surface area contributed by atoms with Crippen LogP contribution in [0.4, 0.5) is 10.1 Å². The van der Waals surface area contributed by atoms with Crippen molar-refractivity contribution in [2.45, 2.75) is 25.8 Å².